The van der Waals surface area contributed by atoms with E-state index >= 15 is 0 Å². The first-order chi connectivity index (χ1) is 17.5. The molecule has 1 aromatic carbocycles. The molecule has 3 heteroatoms. The van der Waals surface area contributed by atoms with E-state index in [-0.39, 0.29) is 6.10 Å². The van der Waals surface area contributed by atoms with E-state index in [1.807, 2.05) is 12.1 Å². The van der Waals surface area contributed by atoms with E-state index in [1.165, 1.54) is 69.8 Å². The molecule has 4 aliphatic rings. The molecule has 5 rings (SSSR count). The van der Waals surface area contributed by atoms with Crippen LogP contribution in [0.5, 0.6) is 0 Å². The zero-order valence-corrected chi connectivity index (χ0v) is 25.6. The third kappa shape index (κ3) is 5.17. The molecule has 4 fully saturated rings. The van der Waals surface area contributed by atoms with Gasteiger partial charge in [-0.2, -0.15) is 0 Å². The molecule has 0 spiro atoms. The van der Waals surface area contributed by atoms with Crippen LogP contribution in [0, 0.1) is 58.2 Å². The van der Waals surface area contributed by atoms with Crippen molar-refractivity contribution < 1.29 is 5.11 Å². The van der Waals surface area contributed by atoms with Crippen LogP contribution < -0.4 is 0 Å². The lowest BCUT2D eigenvalue weighted by atomic mass is 9.42. The maximum atomic E-state index is 11.2. The summed E-state index contributed by atoms with van der Waals surface area (Å²) in [7, 11) is 0. The zero-order valence-electron chi connectivity index (χ0n) is 24.1. The fraction of sp³-hybridized carbons (Fsp3) is 0.824. The van der Waals surface area contributed by atoms with Gasteiger partial charge in [0.1, 0.15) is 0 Å². The maximum Gasteiger partial charge on any atom is 0.0595 e. The standard InChI is InChI=1S/C34H52Cl2O/c1-21(2)7-6-8-22(3)26-12-13-27-24-10-11-28-25(19-23-9-14-30(35)31(36)20-23)32(37)16-18-34(28,5)29(24)15-17-33(26,27)4/h9,14,20-22,24-29,32,37H,6-8,10-13,15-19H2,1-5H3/t22-,24+,25+,26-,27+,28?,29+,32-,33-,34+/m1/s1. The minimum atomic E-state index is -0.194. The normalized spacial score (nSPS) is 42.2. The van der Waals surface area contributed by atoms with Gasteiger partial charge in [0.15, 0.2) is 0 Å². The van der Waals surface area contributed by atoms with Crippen LogP contribution >= 0.6 is 23.2 Å². The predicted octanol–water partition coefficient (Wildman–Crippen LogP) is 10.2. The number of hydrogen-bond acceptors (Lipinski definition) is 1. The number of hydrogen-bond donors (Lipinski definition) is 1. The Balaban J connectivity index is 1.32. The largest absolute Gasteiger partial charge is 0.393 e. The van der Waals surface area contributed by atoms with E-state index in [4.69, 9.17) is 23.2 Å². The monoisotopic (exact) mass is 546 g/mol. The maximum absolute atomic E-state index is 11.2. The summed E-state index contributed by atoms with van der Waals surface area (Å²) in [5.74, 6) is 6.23. The summed E-state index contributed by atoms with van der Waals surface area (Å²) in [5, 5.41) is 12.5. The molecule has 10 atom stereocenters. The van der Waals surface area contributed by atoms with Gasteiger partial charge in [0.2, 0.25) is 0 Å². The summed E-state index contributed by atoms with van der Waals surface area (Å²) in [4.78, 5) is 0. The van der Waals surface area contributed by atoms with Crippen LogP contribution in [0.1, 0.15) is 111 Å². The Kier molecular flexibility index (Phi) is 8.39. The van der Waals surface area contributed by atoms with E-state index in [1.54, 1.807) is 0 Å². The number of aliphatic hydroxyl groups is 1. The van der Waals surface area contributed by atoms with Crippen molar-refractivity contribution >= 4 is 23.2 Å². The van der Waals surface area contributed by atoms with Crippen molar-refractivity contribution in [2.75, 3.05) is 0 Å². The molecule has 0 bridgehead atoms. The fourth-order valence-electron chi connectivity index (χ4n) is 10.7. The van der Waals surface area contributed by atoms with Gasteiger partial charge in [0, 0.05) is 0 Å². The summed E-state index contributed by atoms with van der Waals surface area (Å²) in [6.07, 6.45) is 15.6. The van der Waals surface area contributed by atoms with Gasteiger partial charge >= 0.3 is 0 Å². The summed E-state index contributed by atoms with van der Waals surface area (Å²) in [5.41, 5.74) is 2.15. The van der Waals surface area contributed by atoms with E-state index in [9.17, 15) is 5.11 Å². The van der Waals surface area contributed by atoms with Crippen molar-refractivity contribution in [1.82, 2.24) is 0 Å². The van der Waals surface area contributed by atoms with Gasteiger partial charge in [-0.25, -0.2) is 0 Å². The number of benzene rings is 1. The SMILES string of the molecule is CC(C)CCC[C@@H](C)[C@H]1CC[C@H]2[C@@H]3CCC4[C@H](Cc5ccc(Cl)c(Cl)c5)[C@H](O)CC[C@]4(C)[C@H]3CC[C@]12C. The van der Waals surface area contributed by atoms with Crippen molar-refractivity contribution in [2.24, 2.45) is 58.2 Å². The molecule has 1 N–H and O–H groups in total. The first kappa shape index (κ1) is 28.3. The zero-order chi connectivity index (χ0) is 26.5. The van der Waals surface area contributed by atoms with E-state index < -0.39 is 0 Å². The molecule has 0 aliphatic heterocycles. The predicted molar refractivity (Wildman–Crippen MR) is 158 cm³/mol. The van der Waals surface area contributed by atoms with Gasteiger partial charge in [-0.3, -0.25) is 0 Å². The molecule has 0 aromatic heterocycles. The molecule has 37 heavy (non-hydrogen) atoms. The molecule has 208 valence electrons. The van der Waals surface area contributed by atoms with Gasteiger partial charge in [-0.15, -0.1) is 0 Å². The van der Waals surface area contributed by atoms with Crippen LogP contribution in [0.2, 0.25) is 10.0 Å². The Hall–Kier alpha value is -0.240. The van der Waals surface area contributed by atoms with Crippen LogP contribution in [0.3, 0.4) is 0 Å². The van der Waals surface area contributed by atoms with E-state index in [2.05, 4.69) is 40.7 Å². The fourth-order valence-corrected chi connectivity index (χ4v) is 11.1. The Bertz CT molecular complexity index is 944. The molecule has 1 unspecified atom stereocenters. The van der Waals surface area contributed by atoms with Crippen LogP contribution in [0.4, 0.5) is 0 Å². The number of aliphatic hydroxyl groups excluding tert-OH is 1. The average Bonchev–Trinajstić information content (AvgIpc) is 3.20. The Morgan fingerprint density at radius 2 is 1.54 bits per heavy atom. The highest BCUT2D eigenvalue weighted by molar-refractivity contribution is 6.42. The minimum absolute atomic E-state index is 0.194. The van der Waals surface area contributed by atoms with Gasteiger partial charge in [0.05, 0.1) is 16.1 Å². The van der Waals surface area contributed by atoms with Crippen molar-refractivity contribution in [3.8, 4) is 0 Å². The molecule has 0 saturated heterocycles. The third-order valence-corrected chi connectivity index (χ3v) is 13.3. The Morgan fingerprint density at radius 1 is 0.838 bits per heavy atom. The first-order valence-corrected chi connectivity index (χ1v) is 16.4. The van der Waals surface area contributed by atoms with Gasteiger partial charge in [-0.05, 0) is 134 Å². The molecule has 4 aliphatic carbocycles. The third-order valence-electron chi connectivity index (χ3n) is 12.6. The molecule has 1 nitrogen and oxygen atoms in total. The Morgan fingerprint density at radius 3 is 2.27 bits per heavy atom. The van der Waals surface area contributed by atoms with Crippen LogP contribution in [-0.4, -0.2) is 11.2 Å². The lowest BCUT2D eigenvalue weighted by Crippen LogP contribution is -2.57. The minimum Gasteiger partial charge on any atom is -0.393 e. The number of halogens is 2. The molecule has 0 heterocycles. The molecular weight excluding hydrogens is 495 g/mol. The smallest absolute Gasteiger partial charge is 0.0595 e. The van der Waals surface area contributed by atoms with Gasteiger partial charge in [-0.1, -0.05) is 83.1 Å². The summed E-state index contributed by atoms with van der Waals surface area (Å²) in [6, 6.07) is 6.07. The molecule has 0 amide bonds. The first-order valence-electron chi connectivity index (χ1n) is 15.7. The van der Waals surface area contributed by atoms with Crippen molar-refractivity contribution in [1.29, 1.82) is 0 Å². The number of rotatable bonds is 7. The highest BCUT2D eigenvalue weighted by atomic mass is 35.5. The van der Waals surface area contributed by atoms with Crippen molar-refractivity contribution in [3.05, 3.63) is 33.8 Å². The quantitative estimate of drug-likeness (QED) is 0.360. The van der Waals surface area contributed by atoms with Crippen LogP contribution in [0.15, 0.2) is 18.2 Å². The van der Waals surface area contributed by atoms with Crippen molar-refractivity contribution in [2.45, 2.75) is 118 Å². The Labute approximate surface area is 237 Å². The van der Waals surface area contributed by atoms with E-state index in [0.717, 1.165) is 48.3 Å². The summed E-state index contributed by atoms with van der Waals surface area (Å²) in [6.45, 7) is 12.7. The summed E-state index contributed by atoms with van der Waals surface area (Å²) >= 11 is 12.6. The van der Waals surface area contributed by atoms with Crippen molar-refractivity contribution in [3.63, 3.8) is 0 Å². The van der Waals surface area contributed by atoms with Crippen LogP contribution in [0.25, 0.3) is 0 Å². The lowest BCUT2D eigenvalue weighted by molar-refractivity contribution is -0.152. The van der Waals surface area contributed by atoms with Crippen LogP contribution in [-0.2, 0) is 6.42 Å². The molecule has 1 aromatic rings. The average molecular weight is 548 g/mol. The highest BCUT2D eigenvalue weighted by Gasteiger charge is 2.61. The summed E-state index contributed by atoms with van der Waals surface area (Å²) < 4.78 is 0. The number of fused-ring (bicyclic) bond motifs is 5. The second kappa shape index (κ2) is 11.0. The van der Waals surface area contributed by atoms with Gasteiger partial charge in [0.25, 0.3) is 0 Å². The second-order valence-electron chi connectivity index (χ2n) is 14.8. The van der Waals surface area contributed by atoms with Gasteiger partial charge < -0.3 is 5.11 Å². The van der Waals surface area contributed by atoms with E-state index in [0.29, 0.717) is 32.7 Å². The highest BCUT2D eigenvalue weighted by Crippen LogP contribution is 2.69. The molecular formula is C34H52Cl2O. The molecule has 4 saturated carbocycles. The topological polar surface area (TPSA) is 20.2 Å². The molecule has 0 radical (unpaired) electrons. The lowest BCUT2D eigenvalue weighted by Gasteiger charge is -2.63. The second-order valence-corrected chi connectivity index (χ2v) is 15.6.